The Kier molecular flexibility index (Phi) is 4.98. The fraction of sp³-hybridized carbons (Fsp3) is 0.571. The molecule has 1 heterocycles. The number of hydrogen-bond donors (Lipinski definition) is 2. The zero-order valence-electron chi connectivity index (χ0n) is 12.3. The average molecular weight is 316 g/mol. The van der Waals surface area contributed by atoms with Crippen molar-refractivity contribution in [3.05, 3.63) is 29.1 Å². The zero-order valence-corrected chi connectivity index (χ0v) is 13.1. The van der Waals surface area contributed by atoms with Gasteiger partial charge in [-0.15, -0.1) is 0 Å². The Labute approximate surface area is 124 Å². The normalized spacial score (nSPS) is 20.7. The Morgan fingerprint density at radius 2 is 2.19 bits per heavy atom. The first-order valence-corrected chi connectivity index (χ1v) is 8.42. The van der Waals surface area contributed by atoms with Crippen molar-refractivity contribution >= 4 is 10.0 Å². The number of rotatable bonds is 4. The van der Waals surface area contributed by atoms with Gasteiger partial charge >= 0.3 is 0 Å². The van der Waals surface area contributed by atoms with Gasteiger partial charge in [-0.2, -0.15) is 0 Å². The summed E-state index contributed by atoms with van der Waals surface area (Å²) in [6.45, 7) is 2.58. The minimum Gasteiger partial charge on any atom is -0.392 e. The molecular formula is C14H21FN2O3S. The van der Waals surface area contributed by atoms with Crippen molar-refractivity contribution < 1.29 is 17.9 Å². The van der Waals surface area contributed by atoms with Gasteiger partial charge in [-0.05, 0) is 51.1 Å². The lowest BCUT2D eigenvalue weighted by Crippen LogP contribution is -2.46. The van der Waals surface area contributed by atoms with E-state index in [9.17, 15) is 12.8 Å². The van der Waals surface area contributed by atoms with Crippen molar-refractivity contribution in [2.45, 2.75) is 37.3 Å². The van der Waals surface area contributed by atoms with Crippen LogP contribution in [0.2, 0.25) is 0 Å². The fourth-order valence-electron chi connectivity index (χ4n) is 2.63. The van der Waals surface area contributed by atoms with Crippen LogP contribution in [0.3, 0.4) is 0 Å². The number of likely N-dealkylation sites (N-methyl/N-ethyl adjacent to an activating group) is 1. The molecule has 5 nitrogen and oxygen atoms in total. The first-order valence-electron chi connectivity index (χ1n) is 6.94. The maximum absolute atomic E-state index is 13.7. The molecule has 1 saturated heterocycles. The van der Waals surface area contributed by atoms with Gasteiger partial charge in [0.15, 0.2) is 0 Å². The lowest BCUT2D eigenvalue weighted by molar-refractivity contribution is 0.242. The highest BCUT2D eigenvalue weighted by Crippen LogP contribution is 2.20. The lowest BCUT2D eigenvalue weighted by Gasteiger charge is -2.30. The summed E-state index contributed by atoms with van der Waals surface area (Å²) in [6, 6.07) is 2.34. The minimum atomic E-state index is -3.71. The number of likely N-dealkylation sites (tertiary alicyclic amines) is 1. The molecule has 0 aromatic heterocycles. The van der Waals surface area contributed by atoms with E-state index in [1.165, 1.54) is 19.1 Å². The van der Waals surface area contributed by atoms with Gasteiger partial charge in [0.05, 0.1) is 11.5 Å². The lowest BCUT2D eigenvalue weighted by atomic mass is 10.1. The van der Waals surface area contributed by atoms with Gasteiger partial charge in [0.25, 0.3) is 0 Å². The number of aliphatic hydroxyl groups excluding tert-OH is 1. The molecule has 1 aliphatic rings. The highest BCUT2D eigenvalue weighted by Gasteiger charge is 2.25. The molecule has 7 heteroatoms. The largest absolute Gasteiger partial charge is 0.392 e. The molecule has 118 valence electrons. The molecule has 0 amide bonds. The average Bonchev–Trinajstić information content (AvgIpc) is 2.41. The summed E-state index contributed by atoms with van der Waals surface area (Å²) in [5, 5.41) is 9.13. The van der Waals surface area contributed by atoms with Gasteiger partial charge in [-0.3, -0.25) is 0 Å². The monoisotopic (exact) mass is 316 g/mol. The maximum Gasteiger partial charge on any atom is 0.240 e. The summed E-state index contributed by atoms with van der Waals surface area (Å²) in [7, 11) is -1.76. The van der Waals surface area contributed by atoms with E-state index < -0.39 is 22.4 Å². The summed E-state index contributed by atoms with van der Waals surface area (Å²) in [4.78, 5) is 2.07. The van der Waals surface area contributed by atoms with Crippen LogP contribution in [-0.4, -0.2) is 44.6 Å². The minimum absolute atomic E-state index is 0.00123. The second-order valence-electron chi connectivity index (χ2n) is 5.59. The molecule has 0 aliphatic carbocycles. The number of aliphatic hydroxyl groups is 1. The Morgan fingerprint density at radius 1 is 1.48 bits per heavy atom. The molecule has 1 atom stereocenters. The van der Waals surface area contributed by atoms with E-state index in [2.05, 4.69) is 9.62 Å². The van der Waals surface area contributed by atoms with Crippen LogP contribution in [0.25, 0.3) is 0 Å². The molecule has 1 aromatic rings. The summed E-state index contributed by atoms with van der Waals surface area (Å²) in [5.41, 5.74) is 0.207. The Balaban J connectivity index is 2.25. The molecule has 21 heavy (non-hydrogen) atoms. The number of benzene rings is 1. The van der Waals surface area contributed by atoms with Crippen LogP contribution >= 0.6 is 0 Å². The number of sulfonamides is 1. The first kappa shape index (κ1) is 16.4. The Hall–Kier alpha value is -1.02. The van der Waals surface area contributed by atoms with Crippen LogP contribution in [0.15, 0.2) is 17.0 Å². The quantitative estimate of drug-likeness (QED) is 0.869. The van der Waals surface area contributed by atoms with Crippen LogP contribution in [0.1, 0.15) is 24.0 Å². The third-order valence-corrected chi connectivity index (χ3v) is 5.23. The topological polar surface area (TPSA) is 69.6 Å². The smallest absolute Gasteiger partial charge is 0.240 e. The third-order valence-electron chi connectivity index (χ3n) is 3.73. The molecule has 0 saturated carbocycles. The second-order valence-corrected chi connectivity index (χ2v) is 7.31. The SMILES string of the molecule is Cc1cc(S(=O)(=O)NC2CCCN(C)C2)cc(CO)c1F. The van der Waals surface area contributed by atoms with Gasteiger partial charge < -0.3 is 10.0 Å². The van der Waals surface area contributed by atoms with E-state index in [0.717, 1.165) is 19.4 Å². The molecule has 1 unspecified atom stereocenters. The van der Waals surface area contributed by atoms with Crippen molar-refractivity contribution in [3.8, 4) is 0 Å². The van der Waals surface area contributed by atoms with E-state index in [0.29, 0.717) is 6.54 Å². The van der Waals surface area contributed by atoms with E-state index in [1.807, 2.05) is 7.05 Å². The van der Waals surface area contributed by atoms with E-state index >= 15 is 0 Å². The molecule has 0 radical (unpaired) electrons. The summed E-state index contributed by atoms with van der Waals surface area (Å²) in [6.07, 6.45) is 1.73. The number of nitrogens with zero attached hydrogens (tertiary/aromatic N) is 1. The third kappa shape index (κ3) is 3.79. The van der Waals surface area contributed by atoms with Crippen LogP contribution in [0, 0.1) is 12.7 Å². The van der Waals surface area contributed by atoms with E-state index in [4.69, 9.17) is 5.11 Å². The van der Waals surface area contributed by atoms with Gasteiger partial charge in [0, 0.05) is 18.2 Å². The summed E-state index contributed by atoms with van der Waals surface area (Å²) >= 11 is 0. The summed E-state index contributed by atoms with van der Waals surface area (Å²) in [5.74, 6) is -0.561. The van der Waals surface area contributed by atoms with Gasteiger partial charge in [0.1, 0.15) is 5.82 Å². The van der Waals surface area contributed by atoms with Crippen molar-refractivity contribution in [1.82, 2.24) is 9.62 Å². The number of hydrogen-bond acceptors (Lipinski definition) is 4. The van der Waals surface area contributed by atoms with E-state index in [-0.39, 0.29) is 22.1 Å². The van der Waals surface area contributed by atoms with Crippen LogP contribution in [0.4, 0.5) is 4.39 Å². The van der Waals surface area contributed by atoms with Gasteiger partial charge in [0.2, 0.25) is 10.0 Å². The second kappa shape index (κ2) is 6.39. The number of nitrogens with one attached hydrogen (secondary N) is 1. The van der Waals surface area contributed by atoms with Crippen LogP contribution < -0.4 is 4.72 Å². The molecule has 2 rings (SSSR count). The first-order chi connectivity index (χ1) is 9.83. The standard InChI is InChI=1S/C14H21FN2O3S/c1-10-6-13(7-11(9-18)14(10)15)21(19,20)16-12-4-3-5-17(2)8-12/h6-7,12,16,18H,3-5,8-9H2,1-2H3. The van der Waals surface area contributed by atoms with E-state index in [1.54, 1.807) is 0 Å². The number of aryl methyl sites for hydroxylation is 1. The Bertz CT molecular complexity index is 619. The highest BCUT2D eigenvalue weighted by molar-refractivity contribution is 7.89. The van der Waals surface area contributed by atoms with Crippen molar-refractivity contribution in [1.29, 1.82) is 0 Å². The predicted octanol–water partition coefficient (Wildman–Crippen LogP) is 0.999. The number of piperidine rings is 1. The molecule has 1 aromatic carbocycles. The zero-order chi connectivity index (χ0) is 15.6. The number of halogens is 1. The fourth-order valence-corrected chi connectivity index (χ4v) is 4.02. The molecular weight excluding hydrogens is 295 g/mol. The van der Waals surface area contributed by atoms with Gasteiger partial charge in [-0.1, -0.05) is 0 Å². The molecule has 1 aliphatic heterocycles. The van der Waals surface area contributed by atoms with Gasteiger partial charge in [-0.25, -0.2) is 17.5 Å². The van der Waals surface area contributed by atoms with Crippen molar-refractivity contribution in [2.75, 3.05) is 20.1 Å². The maximum atomic E-state index is 13.7. The predicted molar refractivity (Wildman–Crippen MR) is 77.9 cm³/mol. The molecule has 0 spiro atoms. The molecule has 0 bridgehead atoms. The Morgan fingerprint density at radius 3 is 2.81 bits per heavy atom. The molecule has 1 fully saturated rings. The van der Waals surface area contributed by atoms with Crippen LogP contribution in [-0.2, 0) is 16.6 Å². The summed E-state index contributed by atoms with van der Waals surface area (Å²) < 4.78 is 41.2. The molecule has 2 N–H and O–H groups in total. The highest BCUT2D eigenvalue weighted by atomic mass is 32.2. The van der Waals surface area contributed by atoms with Crippen molar-refractivity contribution in [2.24, 2.45) is 0 Å². The van der Waals surface area contributed by atoms with Crippen molar-refractivity contribution in [3.63, 3.8) is 0 Å². The van der Waals surface area contributed by atoms with Crippen LogP contribution in [0.5, 0.6) is 0 Å².